The van der Waals surface area contributed by atoms with E-state index in [9.17, 15) is 14.4 Å². The molecule has 6 nitrogen and oxygen atoms in total. The van der Waals surface area contributed by atoms with E-state index in [1.165, 1.54) is 212 Å². The molecule has 0 fully saturated rings. The lowest BCUT2D eigenvalue weighted by atomic mass is 10.0. The van der Waals surface area contributed by atoms with E-state index >= 15 is 0 Å². The van der Waals surface area contributed by atoms with Gasteiger partial charge in [-0.3, -0.25) is 14.4 Å². The van der Waals surface area contributed by atoms with Crippen LogP contribution in [-0.2, 0) is 28.6 Å². The standard InChI is InChI=1S/C70H124O6/c1-4-7-10-13-16-18-20-22-24-26-27-28-29-30-31-32-33-34-35-36-37-38-39-40-41-42-43-45-46-48-50-52-54-57-60-63-69(72)75-66-67(65-74-68(71)62-59-56-15-12-9-6-3)76-70(73)64-61-58-55-53-51-49-47-44-25-23-21-19-17-14-11-8-5-2/h8,11,17,19,23,25-27,47,49,53,55,67H,4-7,9-10,12-16,18,20-22,24,28-46,48,50-52,54,56-66H2,1-3H3/b11-8-,19-17-,25-23-,27-26-,49-47-,55-53-. The van der Waals surface area contributed by atoms with Gasteiger partial charge in [-0.2, -0.15) is 0 Å². The molecule has 1 atom stereocenters. The highest BCUT2D eigenvalue weighted by atomic mass is 16.6. The fraction of sp³-hybridized carbons (Fsp3) is 0.786. The quantitative estimate of drug-likeness (QED) is 0.0261. The van der Waals surface area contributed by atoms with Crippen LogP contribution in [0.5, 0.6) is 0 Å². The van der Waals surface area contributed by atoms with E-state index in [1.807, 2.05) is 0 Å². The lowest BCUT2D eigenvalue weighted by molar-refractivity contribution is -0.167. The zero-order chi connectivity index (χ0) is 55.0. The van der Waals surface area contributed by atoms with Gasteiger partial charge < -0.3 is 14.2 Å². The molecule has 0 aliphatic carbocycles. The van der Waals surface area contributed by atoms with E-state index in [0.717, 1.165) is 77.0 Å². The first-order chi connectivity index (χ1) is 37.5. The average Bonchev–Trinajstić information content (AvgIpc) is 3.42. The van der Waals surface area contributed by atoms with Gasteiger partial charge in [0, 0.05) is 19.3 Å². The van der Waals surface area contributed by atoms with Gasteiger partial charge in [-0.1, -0.05) is 306 Å². The summed E-state index contributed by atoms with van der Waals surface area (Å²) < 4.78 is 16.7. The van der Waals surface area contributed by atoms with Crippen molar-refractivity contribution < 1.29 is 28.6 Å². The van der Waals surface area contributed by atoms with Crippen molar-refractivity contribution in [3.05, 3.63) is 72.9 Å². The number of esters is 3. The molecule has 0 aromatic heterocycles. The van der Waals surface area contributed by atoms with Gasteiger partial charge in [0.2, 0.25) is 0 Å². The Kier molecular flexibility index (Phi) is 61.7. The Morgan fingerprint density at radius 3 is 0.855 bits per heavy atom. The van der Waals surface area contributed by atoms with Crippen molar-refractivity contribution >= 4 is 17.9 Å². The molecule has 0 aliphatic rings. The van der Waals surface area contributed by atoms with E-state index in [1.54, 1.807) is 0 Å². The first kappa shape index (κ1) is 72.8. The van der Waals surface area contributed by atoms with E-state index < -0.39 is 6.10 Å². The first-order valence-corrected chi connectivity index (χ1v) is 32.9. The van der Waals surface area contributed by atoms with Crippen molar-refractivity contribution in [1.29, 1.82) is 0 Å². The Morgan fingerprint density at radius 1 is 0.276 bits per heavy atom. The molecule has 0 aromatic carbocycles. The molecule has 76 heavy (non-hydrogen) atoms. The molecule has 0 amide bonds. The summed E-state index contributed by atoms with van der Waals surface area (Å²) in [5, 5.41) is 0. The maximum Gasteiger partial charge on any atom is 0.306 e. The van der Waals surface area contributed by atoms with Gasteiger partial charge in [-0.05, 0) is 83.5 Å². The van der Waals surface area contributed by atoms with Crippen LogP contribution < -0.4 is 0 Å². The summed E-state index contributed by atoms with van der Waals surface area (Å²) in [6.07, 6.45) is 84.2. The van der Waals surface area contributed by atoms with Gasteiger partial charge in [0.1, 0.15) is 13.2 Å². The number of unbranched alkanes of at least 4 members (excludes halogenated alkanes) is 37. The van der Waals surface area contributed by atoms with Crippen molar-refractivity contribution in [1.82, 2.24) is 0 Å². The zero-order valence-corrected chi connectivity index (χ0v) is 50.5. The van der Waals surface area contributed by atoms with Crippen LogP contribution in [0.3, 0.4) is 0 Å². The molecule has 0 saturated carbocycles. The van der Waals surface area contributed by atoms with Gasteiger partial charge in [-0.25, -0.2) is 0 Å². The van der Waals surface area contributed by atoms with Crippen molar-refractivity contribution in [2.75, 3.05) is 13.2 Å². The summed E-state index contributed by atoms with van der Waals surface area (Å²) in [5.41, 5.74) is 0. The third-order valence-electron chi connectivity index (χ3n) is 14.4. The van der Waals surface area contributed by atoms with Gasteiger partial charge in [0.05, 0.1) is 0 Å². The molecule has 0 saturated heterocycles. The minimum atomic E-state index is -0.801. The molecule has 0 bridgehead atoms. The molecule has 0 heterocycles. The Hall–Kier alpha value is -3.15. The molecular formula is C70H124O6. The van der Waals surface area contributed by atoms with Crippen LogP contribution in [0.25, 0.3) is 0 Å². The van der Waals surface area contributed by atoms with Crippen molar-refractivity contribution in [3.8, 4) is 0 Å². The van der Waals surface area contributed by atoms with Gasteiger partial charge in [0.15, 0.2) is 6.10 Å². The fourth-order valence-corrected chi connectivity index (χ4v) is 9.54. The SMILES string of the molecule is CC/C=C\C/C=C\C/C=C\C/C=C\C/C=C\CCCC(=O)OC(COC(=O)CCCCCCCC)COC(=O)CCCCCCCCCCCCCCCCCCCCCCCCC/C=C\CCCCCCCCCC. The average molecular weight is 1060 g/mol. The number of rotatable bonds is 60. The summed E-state index contributed by atoms with van der Waals surface area (Å²) in [7, 11) is 0. The zero-order valence-electron chi connectivity index (χ0n) is 50.5. The van der Waals surface area contributed by atoms with Crippen molar-refractivity contribution in [3.63, 3.8) is 0 Å². The maximum absolute atomic E-state index is 12.8. The molecule has 440 valence electrons. The van der Waals surface area contributed by atoms with Gasteiger partial charge in [0.25, 0.3) is 0 Å². The largest absolute Gasteiger partial charge is 0.462 e. The minimum Gasteiger partial charge on any atom is -0.462 e. The summed E-state index contributed by atoms with van der Waals surface area (Å²) in [5.74, 6) is -0.953. The van der Waals surface area contributed by atoms with Crippen LogP contribution >= 0.6 is 0 Å². The third kappa shape index (κ3) is 61.7. The summed E-state index contributed by atoms with van der Waals surface area (Å²) >= 11 is 0. The molecular weight excluding hydrogens is 937 g/mol. The molecule has 0 spiro atoms. The molecule has 1 unspecified atom stereocenters. The number of ether oxygens (including phenoxy) is 3. The molecule has 0 radical (unpaired) electrons. The summed E-state index contributed by atoms with van der Waals surface area (Å²) in [4.78, 5) is 37.9. The van der Waals surface area contributed by atoms with E-state index in [0.29, 0.717) is 19.3 Å². The number of carbonyl (C=O) groups excluding carboxylic acids is 3. The molecule has 0 rings (SSSR count). The van der Waals surface area contributed by atoms with Crippen LogP contribution in [-0.4, -0.2) is 37.2 Å². The Morgan fingerprint density at radius 2 is 0.526 bits per heavy atom. The third-order valence-corrected chi connectivity index (χ3v) is 14.4. The number of hydrogen-bond donors (Lipinski definition) is 0. The monoisotopic (exact) mass is 1060 g/mol. The highest BCUT2D eigenvalue weighted by Gasteiger charge is 2.19. The van der Waals surface area contributed by atoms with Crippen LogP contribution in [0, 0.1) is 0 Å². The highest BCUT2D eigenvalue weighted by molar-refractivity contribution is 5.71. The normalized spacial score (nSPS) is 12.5. The number of carbonyl (C=O) groups is 3. The second-order valence-corrected chi connectivity index (χ2v) is 22.0. The predicted molar refractivity (Wildman–Crippen MR) is 330 cm³/mol. The van der Waals surface area contributed by atoms with E-state index in [-0.39, 0.29) is 37.5 Å². The van der Waals surface area contributed by atoms with Crippen molar-refractivity contribution in [2.24, 2.45) is 0 Å². The lowest BCUT2D eigenvalue weighted by Gasteiger charge is -2.18. The van der Waals surface area contributed by atoms with Crippen LogP contribution in [0.15, 0.2) is 72.9 Å². The Bertz CT molecular complexity index is 1400. The maximum atomic E-state index is 12.8. The first-order valence-electron chi connectivity index (χ1n) is 32.9. The summed E-state index contributed by atoms with van der Waals surface area (Å²) in [6, 6.07) is 0. The minimum absolute atomic E-state index is 0.0951. The predicted octanol–water partition coefficient (Wildman–Crippen LogP) is 22.5. The van der Waals surface area contributed by atoms with Crippen LogP contribution in [0.2, 0.25) is 0 Å². The van der Waals surface area contributed by atoms with E-state index in [2.05, 4.69) is 93.7 Å². The van der Waals surface area contributed by atoms with E-state index in [4.69, 9.17) is 14.2 Å². The van der Waals surface area contributed by atoms with Crippen LogP contribution in [0.4, 0.5) is 0 Å². The van der Waals surface area contributed by atoms with Gasteiger partial charge >= 0.3 is 17.9 Å². The highest BCUT2D eigenvalue weighted by Crippen LogP contribution is 2.17. The van der Waals surface area contributed by atoms with Gasteiger partial charge in [-0.15, -0.1) is 0 Å². The summed E-state index contributed by atoms with van der Waals surface area (Å²) in [6.45, 7) is 6.45. The smallest absolute Gasteiger partial charge is 0.306 e. The molecule has 0 N–H and O–H groups in total. The van der Waals surface area contributed by atoms with Crippen molar-refractivity contribution in [2.45, 2.75) is 341 Å². The number of hydrogen-bond acceptors (Lipinski definition) is 6. The Labute approximate surface area is 472 Å². The molecule has 0 aromatic rings. The molecule has 6 heteroatoms. The molecule has 0 aliphatic heterocycles. The lowest BCUT2D eigenvalue weighted by Crippen LogP contribution is -2.30. The van der Waals surface area contributed by atoms with Crippen LogP contribution in [0.1, 0.15) is 335 Å². The second kappa shape index (κ2) is 64.4. The number of allylic oxidation sites excluding steroid dienone is 12. The fourth-order valence-electron chi connectivity index (χ4n) is 9.54. The Balaban J connectivity index is 3.95. The second-order valence-electron chi connectivity index (χ2n) is 22.0. The topological polar surface area (TPSA) is 78.9 Å².